The van der Waals surface area contributed by atoms with Crippen molar-refractivity contribution in [2.75, 3.05) is 13.7 Å². The Bertz CT molecular complexity index is 1220. The van der Waals surface area contributed by atoms with Crippen LogP contribution in [-0.4, -0.2) is 47.0 Å². The van der Waals surface area contributed by atoms with Gasteiger partial charge >= 0.3 is 0 Å². The molecule has 3 heterocycles. The summed E-state index contributed by atoms with van der Waals surface area (Å²) < 4.78 is 31.3. The Morgan fingerprint density at radius 3 is 2.56 bits per heavy atom. The van der Waals surface area contributed by atoms with Crippen LogP contribution in [0.2, 0.25) is 0 Å². The SMILES string of the molecule is COc1cc2c(cc1[C@H](C)N[S@](=O)C(C)(C)C)-c1nc(-c3nc(C)nn3C(C)C)cn1CCO2. The maximum absolute atomic E-state index is 12.7. The second-order valence-corrected chi connectivity index (χ2v) is 11.8. The van der Waals surface area contributed by atoms with E-state index in [9.17, 15) is 4.21 Å². The molecular formula is C24H34N6O3S. The molecule has 10 heteroatoms. The van der Waals surface area contributed by atoms with Crippen LogP contribution in [0.3, 0.4) is 0 Å². The van der Waals surface area contributed by atoms with Gasteiger partial charge in [-0.25, -0.2) is 23.6 Å². The molecule has 0 bridgehead atoms. The first-order valence-corrected chi connectivity index (χ1v) is 12.7. The molecule has 184 valence electrons. The number of hydrogen-bond acceptors (Lipinski definition) is 6. The van der Waals surface area contributed by atoms with Crippen LogP contribution in [-0.2, 0) is 17.5 Å². The van der Waals surface area contributed by atoms with Gasteiger partial charge in [-0.3, -0.25) is 0 Å². The van der Waals surface area contributed by atoms with Gasteiger partial charge in [0.05, 0.1) is 35.0 Å². The monoisotopic (exact) mass is 486 g/mol. The molecule has 0 unspecified atom stereocenters. The fraction of sp³-hybridized carbons (Fsp3) is 0.542. The van der Waals surface area contributed by atoms with Gasteiger partial charge < -0.3 is 14.0 Å². The summed E-state index contributed by atoms with van der Waals surface area (Å²) in [6, 6.07) is 3.88. The van der Waals surface area contributed by atoms with Crippen molar-refractivity contribution in [3.8, 4) is 34.4 Å². The lowest BCUT2D eigenvalue weighted by Gasteiger charge is -2.24. The quantitative estimate of drug-likeness (QED) is 0.561. The molecule has 0 spiro atoms. The number of nitrogens with one attached hydrogen (secondary N) is 1. The minimum absolute atomic E-state index is 0.166. The number of benzene rings is 1. The highest BCUT2D eigenvalue weighted by Gasteiger charge is 2.27. The number of nitrogens with zero attached hydrogens (tertiary/aromatic N) is 5. The summed E-state index contributed by atoms with van der Waals surface area (Å²) in [4.78, 5) is 9.61. The Kier molecular flexibility index (Phi) is 6.56. The topological polar surface area (TPSA) is 96.1 Å². The van der Waals surface area contributed by atoms with Crippen molar-refractivity contribution in [1.82, 2.24) is 29.0 Å². The Morgan fingerprint density at radius 1 is 1.18 bits per heavy atom. The number of aromatic nitrogens is 5. The van der Waals surface area contributed by atoms with Gasteiger partial charge in [-0.1, -0.05) is 0 Å². The first-order valence-electron chi connectivity index (χ1n) is 11.5. The zero-order valence-electron chi connectivity index (χ0n) is 21.2. The fourth-order valence-corrected chi connectivity index (χ4v) is 4.72. The molecule has 34 heavy (non-hydrogen) atoms. The zero-order valence-corrected chi connectivity index (χ0v) is 22.0. The van der Waals surface area contributed by atoms with Gasteiger partial charge in [0.25, 0.3) is 0 Å². The summed E-state index contributed by atoms with van der Waals surface area (Å²) in [6.45, 7) is 15.0. The third-order valence-electron chi connectivity index (χ3n) is 5.70. The summed E-state index contributed by atoms with van der Waals surface area (Å²) in [6.07, 6.45) is 2.01. The maximum atomic E-state index is 12.7. The second kappa shape index (κ2) is 9.14. The molecule has 1 aliphatic rings. The lowest BCUT2D eigenvalue weighted by molar-refractivity contribution is 0.304. The van der Waals surface area contributed by atoms with E-state index < -0.39 is 11.0 Å². The Balaban J connectivity index is 1.80. The molecule has 1 N–H and O–H groups in total. The van der Waals surface area contributed by atoms with Crippen molar-refractivity contribution in [3.63, 3.8) is 0 Å². The van der Waals surface area contributed by atoms with Gasteiger partial charge in [-0.05, 0) is 54.5 Å². The van der Waals surface area contributed by atoms with E-state index in [1.165, 1.54) is 0 Å². The molecule has 0 aliphatic carbocycles. The van der Waals surface area contributed by atoms with Crippen LogP contribution in [0.15, 0.2) is 18.3 Å². The lowest BCUT2D eigenvalue weighted by atomic mass is 10.0. The number of imidazole rings is 1. The highest BCUT2D eigenvalue weighted by Crippen LogP contribution is 2.40. The molecule has 0 fully saturated rings. The predicted molar refractivity (Wildman–Crippen MR) is 133 cm³/mol. The summed E-state index contributed by atoms with van der Waals surface area (Å²) in [5, 5.41) is 4.54. The molecule has 0 saturated carbocycles. The maximum Gasteiger partial charge on any atom is 0.178 e. The lowest BCUT2D eigenvalue weighted by Crippen LogP contribution is -2.34. The number of hydrogen-bond donors (Lipinski definition) is 1. The summed E-state index contributed by atoms with van der Waals surface area (Å²) >= 11 is 0. The fourth-order valence-electron chi connectivity index (χ4n) is 3.92. The molecule has 3 aromatic rings. The number of fused-ring (bicyclic) bond motifs is 3. The number of rotatable bonds is 6. The van der Waals surface area contributed by atoms with Crippen molar-refractivity contribution >= 4 is 11.0 Å². The van der Waals surface area contributed by atoms with E-state index in [-0.39, 0.29) is 16.8 Å². The Morgan fingerprint density at radius 2 is 1.91 bits per heavy atom. The van der Waals surface area contributed by atoms with E-state index in [4.69, 9.17) is 14.5 Å². The first kappa shape index (κ1) is 24.4. The third-order valence-corrected chi connectivity index (χ3v) is 7.38. The highest BCUT2D eigenvalue weighted by atomic mass is 32.2. The van der Waals surface area contributed by atoms with Gasteiger partial charge in [0, 0.05) is 29.9 Å². The van der Waals surface area contributed by atoms with E-state index in [0.717, 1.165) is 34.3 Å². The number of ether oxygens (including phenoxy) is 2. The van der Waals surface area contributed by atoms with Crippen LogP contribution in [0.25, 0.3) is 22.9 Å². The zero-order chi connectivity index (χ0) is 24.8. The molecule has 1 aliphatic heterocycles. The number of aryl methyl sites for hydroxylation is 1. The molecule has 1 aromatic carbocycles. The van der Waals surface area contributed by atoms with Crippen molar-refractivity contribution < 1.29 is 13.7 Å². The smallest absolute Gasteiger partial charge is 0.178 e. The molecule has 0 saturated heterocycles. The highest BCUT2D eigenvalue weighted by molar-refractivity contribution is 7.84. The Labute approximate surface area is 203 Å². The minimum Gasteiger partial charge on any atom is -0.496 e. The molecule has 2 aromatic heterocycles. The molecule has 0 radical (unpaired) electrons. The second-order valence-electron chi connectivity index (χ2n) is 9.82. The average molecular weight is 487 g/mol. The summed E-state index contributed by atoms with van der Waals surface area (Å²) in [5.74, 6) is 3.66. The van der Waals surface area contributed by atoms with Gasteiger partial charge in [-0.15, -0.1) is 0 Å². The van der Waals surface area contributed by atoms with E-state index in [1.54, 1.807) is 7.11 Å². The van der Waals surface area contributed by atoms with E-state index in [1.807, 2.05) is 57.6 Å². The molecule has 2 atom stereocenters. The van der Waals surface area contributed by atoms with Crippen LogP contribution >= 0.6 is 0 Å². The van der Waals surface area contributed by atoms with E-state index >= 15 is 0 Å². The van der Waals surface area contributed by atoms with E-state index in [2.05, 4.69) is 33.2 Å². The normalized spacial score (nSPS) is 15.3. The van der Waals surface area contributed by atoms with Gasteiger partial charge in [0.2, 0.25) is 0 Å². The Hall–Kier alpha value is -2.72. The molecule has 4 rings (SSSR count). The van der Waals surface area contributed by atoms with Crippen LogP contribution < -0.4 is 14.2 Å². The summed E-state index contributed by atoms with van der Waals surface area (Å²) in [7, 11) is 0.405. The molecular weight excluding hydrogens is 452 g/mol. The molecule has 0 amide bonds. The van der Waals surface area contributed by atoms with Crippen molar-refractivity contribution in [3.05, 3.63) is 29.7 Å². The standard InChI is InChI=1S/C24H34N6O3S/c1-14(2)30-23(25-16(4)27-30)19-13-29-9-10-33-21-12-20(32-8)17(11-18(21)22(29)26-19)15(3)28-34(31)24(5,6)7/h11-15,28H,9-10H2,1-8H3/t15-,34+/m0/s1. The average Bonchev–Trinajstić information content (AvgIpc) is 3.32. The molecule has 9 nitrogen and oxygen atoms in total. The van der Waals surface area contributed by atoms with Crippen molar-refractivity contribution in [2.45, 2.75) is 71.8 Å². The van der Waals surface area contributed by atoms with Crippen LogP contribution in [0, 0.1) is 6.92 Å². The largest absolute Gasteiger partial charge is 0.496 e. The van der Waals surface area contributed by atoms with Crippen LogP contribution in [0.4, 0.5) is 0 Å². The van der Waals surface area contributed by atoms with Gasteiger partial charge in [0.15, 0.2) is 5.82 Å². The van der Waals surface area contributed by atoms with Crippen molar-refractivity contribution in [1.29, 1.82) is 0 Å². The van der Waals surface area contributed by atoms with Crippen LogP contribution in [0.1, 0.15) is 65.0 Å². The third kappa shape index (κ3) is 4.61. The minimum atomic E-state index is -1.23. The van der Waals surface area contributed by atoms with Crippen molar-refractivity contribution in [2.24, 2.45) is 0 Å². The number of methoxy groups -OCH3 is 1. The van der Waals surface area contributed by atoms with Crippen LogP contribution in [0.5, 0.6) is 11.5 Å². The predicted octanol–water partition coefficient (Wildman–Crippen LogP) is 4.21. The van der Waals surface area contributed by atoms with Gasteiger partial charge in [0.1, 0.15) is 35.4 Å². The van der Waals surface area contributed by atoms with E-state index in [0.29, 0.717) is 24.7 Å². The summed E-state index contributed by atoms with van der Waals surface area (Å²) in [5.41, 5.74) is 2.53. The van der Waals surface area contributed by atoms with Gasteiger partial charge in [-0.2, -0.15) is 5.10 Å². The first-order chi connectivity index (χ1) is 16.0.